The second-order valence-corrected chi connectivity index (χ2v) is 5.00. The molecule has 2 heterocycles. The van der Waals surface area contributed by atoms with Crippen LogP contribution < -0.4 is 5.32 Å². The molecule has 4 heteroatoms. The van der Waals surface area contributed by atoms with E-state index in [4.69, 9.17) is 0 Å². The lowest BCUT2D eigenvalue weighted by Gasteiger charge is -2.30. The quantitative estimate of drug-likeness (QED) is 0.876. The van der Waals surface area contributed by atoms with E-state index in [0.29, 0.717) is 6.04 Å². The summed E-state index contributed by atoms with van der Waals surface area (Å²) in [6.07, 6.45) is 4.21. The second kappa shape index (κ2) is 4.90. The van der Waals surface area contributed by atoms with Crippen LogP contribution in [0.2, 0.25) is 0 Å². The van der Waals surface area contributed by atoms with E-state index in [0.717, 1.165) is 29.7 Å². The number of anilines is 1. The van der Waals surface area contributed by atoms with Crippen LogP contribution in [-0.4, -0.2) is 41.3 Å². The maximum atomic E-state index is 4.15. The van der Waals surface area contributed by atoms with Gasteiger partial charge in [0.25, 0.3) is 0 Å². The smallest absolute Gasteiger partial charge is 0.0950 e. The van der Waals surface area contributed by atoms with E-state index in [9.17, 15) is 0 Å². The topological polar surface area (TPSA) is 41.0 Å². The Morgan fingerprint density at radius 2 is 2.00 bits per heavy atom. The molecule has 0 aliphatic carbocycles. The molecule has 1 saturated heterocycles. The molecule has 1 aromatic heterocycles. The lowest BCUT2D eigenvalue weighted by Crippen LogP contribution is -2.36. The summed E-state index contributed by atoms with van der Waals surface area (Å²) < 4.78 is 0. The Balaban J connectivity index is 1.82. The fraction of sp³-hybridized carbons (Fsp3) is 0.429. The first-order valence-corrected chi connectivity index (χ1v) is 6.48. The van der Waals surface area contributed by atoms with E-state index < -0.39 is 0 Å². The number of nitrogens with one attached hydrogen (secondary N) is 1. The van der Waals surface area contributed by atoms with Crippen LogP contribution in [0.3, 0.4) is 0 Å². The third-order valence-corrected chi connectivity index (χ3v) is 3.62. The van der Waals surface area contributed by atoms with E-state index in [1.165, 1.54) is 12.8 Å². The Hall–Kier alpha value is -1.68. The molecular formula is C14H18N4. The third kappa shape index (κ3) is 2.29. The molecule has 0 saturated carbocycles. The zero-order valence-electron chi connectivity index (χ0n) is 10.6. The number of fused-ring (bicyclic) bond motifs is 1. The highest BCUT2D eigenvalue weighted by molar-refractivity contribution is 5.90. The summed E-state index contributed by atoms with van der Waals surface area (Å²) in [5.74, 6) is 0. The Labute approximate surface area is 107 Å². The fourth-order valence-corrected chi connectivity index (χ4v) is 2.49. The molecule has 3 rings (SSSR count). The van der Waals surface area contributed by atoms with Gasteiger partial charge in [-0.15, -0.1) is 0 Å². The SMILES string of the molecule is CN1CCC(Nc2cnnc3ccccc23)CC1. The van der Waals surface area contributed by atoms with Crippen molar-refractivity contribution >= 4 is 16.6 Å². The summed E-state index contributed by atoms with van der Waals surface area (Å²) in [7, 11) is 2.18. The molecule has 1 fully saturated rings. The van der Waals surface area contributed by atoms with Crippen molar-refractivity contribution in [2.45, 2.75) is 18.9 Å². The van der Waals surface area contributed by atoms with Gasteiger partial charge in [-0.1, -0.05) is 18.2 Å². The lowest BCUT2D eigenvalue weighted by molar-refractivity contribution is 0.264. The van der Waals surface area contributed by atoms with Gasteiger partial charge in [0, 0.05) is 11.4 Å². The maximum absolute atomic E-state index is 4.15. The number of aromatic nitrogens is 2. The summed E-state index contributed by atoms with van der Waals surface area (Å²) in [5, 5.41) is 13.0. The van der Waals surface area contributed by atoms with Crippen molar-refractivity contribution in [3.05, 3.63) is 30.5 Å². The minimum atomic E-state index is 0.550. The number of likely N-dealkylation sites (tertiary alicyclic amines) is 1. The van der Waals surface area contributed by atoms with E-state index in [2.05, 4.69) is 33.5 Å². The van der Waals surface area contributed by atoms with Gasteiger partial charge in [0.2, 0.25) is 0 Å². The number of hydrogen-bond acceptors (Lipinski definition) is 4. The predicted octanol–water partition coefficient (Wildman–Crippen LogP) is 2.14. The zero-order valence-corrected chi connectivity index (χ0v) is 10.6. The van der Waals surface area contributed by atoms with Crippen molar-refractivity contribution in [1.82, 2.24) is 15.1 Å². The molecular weight excluding hydrogens is 224 g/mol. The van der Waals surface area contributed by atoms with E-state index in [1.54, 1.807) is 0 Å². The minimum Gasteiger partial charge on any atom is -0.380 e. The molecule has 1 aliphatic heterocycles. The monoisotopic (exact) mass is 242 g/mol. The van der Waals surface area contributed by atoms with Crippen LogP contribution in [0, 0.1) is 0 Å². The van der Waals surface area contributed by atoms with Crippen LogP contribution in [0.1, 0.15) is 12.8 Å². The summed E-state index contributed by atoms with van der Waals surface area (Å²) in [6, 6.07) is 8.69. The van der Waals surface area contributed by atoms with Gasteiger partial charge < -0.3 is 10.2 Å². The number of rotatable bonds is 2. The Bertz CT molecular complexity index is 527. The van der Waals surface area contributed by atoms with Crippen molar-refractivity contribution in [3.63, 3.8) is 0 Å². The van der Waals surface area contributed by atoms with Gasteiger partial charge in [-0.05, 0) is 39.0 Å². The molecule has 0 bridgehead atoms. The number of nitrogens with zero attached hydrogens (tertiary/aromatic N) is 3. The van der Waals surface area contributed by atoms with Crippen LogP contribution in [-0.2, 0) is 0 Å². The first kappa shape index (κ1) is 11.4. The van der Waals surface area contributed by atoms with Crippen LogP contribution in [0.4, 0.5) is 5.69 Å². The van der Waals surface area contributed by atoms with E-state index >= 15 is 0 Å². The Kier molecular flexibility index (Phi) is 3.11. The molecule has 94 valence electrons. The van der Waals surface area contributed by atoms with Crippen molar-refractivity contribution in [1.29, 1.82) is 0 Å². The van der Waals surface area contributed by atoms with Crippen LogP contribution in [0.15, 0.2) is 30.5 Å². The van der Waals surface area contributed by atoms with Crippen molar-refractivity contribution in [2.75, 3.05) is 25.5 Å². The normalized spacial score (nSPS) is 18.1. The number of benzene rings is 1. The Morgan fingerprint density at radius 1 is 1.22 bits per heavy atom. The molecule has 0 radical (unpaired) electrons. The molecule has 0 spiro atoms. The first-order valence-electron chi connectivity index (χ1n) is 6.48. The van der Waals surface area contributed by atoms with Gasteiger partial charge in [-0.2, -0.15) is 10.2 Å². The number of hydrogen-bond donors (Lipinski definition) is 1. The first-order chi connectivity index (χ1) is 8.83. The average molecular weight is 242 g/mol. The van der Waals surface area contributed by atoms with Gasteiger partial charge in [0.1, 0.15) is 0 Å². The van der Waals surface area contributed by atoms with Crippen LogP contribution in [0.25, 0.3) is 10.9 Å². The molecule has 1 aliphatic rings. The summed E-state index contributed by atoms with van der Waals surface area (Å²) in [5.41, 5.74) is 2.06. The second-order valence-electron chi connectivity index (χ2n) is 5.00. The van der Waals surface area contributed by atoms with Gasteiger partial charge in [0.15, 0.2) is 0 Å². The molecule has 1 N–H and O–H groups in total. The minimum absolute atomic E-state index is 0.550. The maximum Gasteiger partial charge on any atom is 0.0950 e. The number of piperidine rings is 1. The van der Waals surface area contributed by atoms with E-state index in [1.807, 2.05) is 24.4 Å². The largest absolute Gasteiger partial charge is 0.380 e. The van der Waals surface area contributed by atoms with Gasteiger partial charge in [0.05, 0.1) is 17.4 Å². The highest BCUT2D eigenvalue weighted by atomic mass is 15.1. The van der Waals surface area contributed by atoms with Gasteiger partial charge in [-0.25, -0.2) is 0 Å². The molecule has 0 atom stereocenters. The standard InChI is InChI=1S/C14H18N4/c1-18-8-6-11(7-9-18)16-14-10-15-17-13-5-3-2-4-12(13)14/h2-5,10-11H,6-9H2,1H3,(H,16,17). The molecule has 4 nitrogen and oxygen atoms in total. The Morgan fingerprint density at radius 3 is 2.83 bits per heavy atom. The molecule has 1 aromatic carbocycles. The van der Waals surface area contributed by atoms with E-state index in [-0.39, 0.29) is 0 Å². The van der Waals surface area contributed by atoms with Gasteiger partial charge >= 0.3 is 0 Å². The van der Waals surface area contributed by atoms with Gasteiger partial charge in [-0.3, -0.25) is 0 Å². The summed E-state index contributed by atoms with van der Waals surface area (Å²) in [4.78, 5) is 2.38. The van der Waals surface area contributed by atoms with Crippen molar-refractivity contribution in [2.24, 2.45) is 0 Å². The van der Waals surface area contributed by atoms with Crippen molar-refractivity contribution < 1.29 is 0 Å². The third-order valence-electron chi connectivity index (χ3n) is 3.62. The van der Waals surface area contributed by atoms with Crippen LogP contribution in [0.5, 0.6) is 0 Å². The zero-order chi connectivity index (χ0) is 12.4. The highest BCUT2D eigenvalue weighted by Gasteiger charge is 2.17. The highest BCUT2D eigenvalue weighted by Crippen LogP contribution is 2.22. The fourth-order valence-electron chi connectivity index (χ4n) is 2.49. The molecule has 18 heavy (non-hydrogen) atoms. The predicted molar refractivity (Wildman–Crippen MR) is 73.7 cm³/mol. The summed E-state index contributed by atoms with van der Waals surface area (Å²) >= 11 is 0. The molecule has 2 aromatic rings. The average Bonchev–Trinajstić information content (AvgIpc) is 2.42. The summed E-state index contributed by atoms with van der Waals surface area (Å²) in [6.45, 7) is 2.32. The lowest BCUT2D eigenvalue weighted by atomic mass is 10.0. The van der Waals surface area contributed by atoms with Crippen molar-refractivity contribution in [3.8, 4) is 0 Å². The molecule has 0 amide bonds. The molecule has 0 unspecified atom stereocenters. The van der Waals surface area contributed by atoms with Crippen LogP contribution >= 0.6 is 0 Å².